The van der Waals surface area contributed by atoms with Gasteiger partial charge >= 0.3 is 0 Å². The van der Waals surface area contributed by atoms with Crippen LogP contribution >= 0.6 is 0 Å². The second-order valence-electron chi connectivity index (χ2n) is 8.07. The molecule has 0 nitrogen and oxygen atoms in total. The molecule has 0 radical (unpaired) electrons. The van der Waals surface area contributed by atoms with Gasteiger partial charge in [-0.25, -0.2) is 0 Å². The Kier molecular flexibility index (Phi) is 2.81. The quantitative estimate of drug-likeness (QED) is 0.425. The lowest BCUT2D eigenvalue weighted by Gasteiger charge is -2.54. The van der Waals surface area contributed by atoms with Crippen molar-refractivity contribution in [1.29, 1.82) is 0 Å². The molecule has 0 unspecified atom stereocenters. The second-order valence-corrected chi connectivity index (χ2v) is 8.07. The number of allylic oxidation sites excluding steroid dienone is 6. The fourth-order valence-corrected chi connectivity index (χ4v) is 5.85. The number of hydrogen-bond acceptors (Lipinski definition) is 0. The highest BCUT2D eigenvalue weighted by Gasteiger charge is 2.54. The zero-order valence-corrected chi connectivity index (χ0v) is 13.3. The minimum absolute atomic E-state index is 0.219. The molecular weight excluding hydrogens is 252 g/mol. The summed E-state index contributed by atoms with van der Waals surface area (Å²) in [6.07, 6.45) is 24.9. The summed E-state index contributed by atoms with van der Waals surface area (Å²) in [7, 11) is 0. The van der Waals surface area contributed by atoms with Crippen LogP contribution in [0.25, 0.3) is 0 Å². The average molecular weight is 278 g/mol. The van der Waals surface area contributed by atoms with Crippen molar-refractivity contribution >= 4 is 0 Å². The minimum Gasteiger partial charge on any atom is -0.119 e. The van der Waals surface area contributed by atoms with Gasteiger partial charge in [-0.1, -0.05) is 62.1 Å². The van der Waals surface area contributed by atoms with Crippen LogP contribution < -0.4 is 0 Å². The van der Waals surface area contributed by atoms with E-state index in [9.17, 15) is 0 Å². The highest BCUT2D eigenvalue weighted by Crippen LogP contribution is 2.62. The van der Waals surface area contributed by atoms with E-state index in [1.54, 1.807) is 5.57 Å². The van der Waals surface area contributed by atoms with E-state index in [0.29, 0.717) is 23.2 Å². The Morgan fingerprint density at radius 1 is 1.29 bits per heavy atom. The molecule has 1 fully saturated rings. The molecule has 0 heterocycles. The molecule has 110 valence electrons. The highest BCUT2D eigenvalue weighted by molar-refractivity contribution is 5.38. The highest BCUT2D eigenvalue weighted by atomic mass is 14.6. The van der Waals surface area contributed by atoms with Crippen LogP contribution in [0.3, 0.4) is 0 Å². The number of terminal acetylenes is 1. The predicted molar refractivity (Wildman–Crippen MR) is 88.5 cm³/mol. The number of fused-ring (bicyclic) bond motifs is 5. The van der Waals surface area contributed by atoms with Crippen molar-refractivity contribution in [3.05, 3.63) is 36.0 Å². The van der Waals surface area contributed by atoms with Gasteiger partial charge in [0, 0.05) is 11.3 Å². The maximum Gasteiger partial charge on any atom is 0.0420 e. The lowest BCUT2D eigenvalue weighted by Crippen LogP contribution is -2.47. The summed E-state index contributed by atoms with van der Waals surface area (Å²) >= 11 is 0. The largest absolute Gasteiger partial charge is 0.119 e. The van der Waals surface area contributed by atoms with Gasteiger partial charge in [0.05, 0.1) is 0 Å². The van der Waals surface area contributed by atoms with Gasteiger partial charge in [0.1, 0.15) is 0 Å². The molecule has 1 saturated carbocycles. The van der Waals surface area contributed by atoms with Gasteiger partial charge in [-0.05, 0) is 48.9 Å². The molecule has 0 saturated heterocycles. The number of hydrogen-bond donors (Lipinski definition) is 0. The topological polar surface area (TPSA) is 0 Å². The SMILES string of the molecule is C#C[C@@H]1C=C2CCC=C[C@]2(C)[C@H]2C=C[C@]3(C)CCC[C@H]3[C@H]12. The van der Waals surface area contributed by atoms with Crippen LogP contribution in [-0.4, -0.2) is 0 Å². The third kappa shape index (κ3) is 1.70. The summed E-state index contributed by atoms with van der Waals surface area (Å²) in [4.78, 5) is 0. The third-order valence-corrected chi connectivity index (χ3v) is 7.06. The molecule has 0 aromatic carbocycles. The molecule has 0 aliphatic heterocycles. The van der Waals surface area contributed by atoms with Crippen molar-refractivity contribution in [3.8, 4) is 12.3 Å². The van der Waals surface area contributed by atoms with Crippen LogP contribution in [0.1, 0.15) is 46.0 Å². The molecule has 6 atom stereocenters. The Hall–Kier alpha value is -1.22. The van der Waals surface area contributed by atoms with Crippen LogP contribution in [0.5, 0.6) is 0 Å². The molecule has 0 heteroatoms. The zero-order chi connectivity index (χ0) is 14.7. The van der Waals surface area contributed by atoms with E-state index in [4.69, 9.17) is 6.42 Å². The van der Waals surface area contributed by atoms with E-state index >= 15 is 0 Å². The summed E-state index contributed by atoms with van der Waals surface area (Å²) in [5.74, 6) is 5.52. The molecular formula is C21H26. The van der Waals surface area contributed by atoms with Gasteiger partial charge in [-0.15, -0.1) is 6.42 Å². The van der Waals surface area contributed by atoms with Crippen LogP contribution in [0.15, 0.2) is 36.0 Å². The Morgan fingerprint density at radius 2 is 2.14 bits per heavy atom. The van der Waals surface area contributed by atoms with Crippen molar-refractivity contribution in [2.75, 3.05) is 0 Å². The molecule has 4 aliphatic rings. The summed E-state index contributed by atoms with van der Waals surface area (Å²) in [5.41, 5.74) is 2.22. The van der Waals surface area contributed by atoms with Crippen molar-refractivity contribution in [2.45, 2.75) is 46.0 Å². The first-order chi connectivity index (χ1) is 10.1. The van der Waals surface area contributed by atoms with Gasteiger partial charge in [0.15, 0.2) is 0 Å². The standard InChI is InChI=1S/C21H26/c1-4-15-14-16-8-5-6-12-21(16,3)18-10-13-20(2)11-7-9-17(20)19(15)18/h1,6,10,12-15,17-19H,5,7-9,11H2,2-3H3/t15-,17+,18+,19+,20+,21+/m1/s1. The predicted octanol–water partition coefficient (Wildman–Crippen LogP) is 5.14. The van der Waals surface area contributed by atoms with Gasteiger partial charge in [-0.3, -0.25) is 0 Å². The first-order valence-electron chi connectivity index (χ1n) is 8.63. The van der Waals surface area contributed by atoms with E-state index in [1.165, 1.54) is 32.1 Å². The Balaban J connectivity index is 1.86. The normalized spacial score (nSPS) is 50.6. The van der Waals surface area contributed by atoms with E-state index in [0.717, 1.165) is 5.92 Å². The number of rotatable bonds is 0. The van der Waals surface area contributed by atoms with E-state index in [1.807, 2.05) is 0 Å². The maximum atomic E-state index is 5.96. The Labute approximate surface area is 129 Å². The fourth-order valence-electron chi connectivity index (χ4n) is 5.85. The van der Waals surface area contributed by atoms with Crippen molar-refractivity contribution in [1.82, 2.24) is 0 Å². The van der Waals surface area contributed by atoms with Crippen LogP contribution in [0.2, 0.25) is 0 Å². The molecule has 0 N–H and O–H groups in total. The summed E-state index contributed by atoms with van der Waals surface area (Å²) in [6.45, 7) is 4.91. The summed E-state index contributed by atoms with van der Waals surface area (Å²) in [5, 5.41) is 0. The van der Waals surface area contributed by atoms with E-state index in [2.05, 4.69) is 50.1 Å². The van der Waals surface area contributed by atoms with Gasteiger partial charge in [-0.2, -0.15) is 0 Å². The van der Waals surface area contributed by atoms with Crippen molar-refractivity contribution < 1.29 is 0 Å². The first-order valence-corrected chi connectivity index (χ1v) is 8.63. The lowest BCUT2D eigenvalue weighted by atomic mass is 9.49. The minimum atomic E-state index is 0.219. The van der Waals surface area contributed by atoms with Crippen LogP contribution in [-0.2, 0) is 0 Å². The summed E-state index contributed by atoms with van der Waals surface area (Å²) < 4.78 is 0. The molecule has 0 aromatic rings. The lowest BCUT2D eigenvalue weighted by molar-refractivity contribution is 0.0743. The second kappa shape index (κ2) is 4.39. The zero-order valence-electron chi connectivity index (χ0n) is 13.3. The van der Waals surface area contributed by atoms with Crippen molar-refractivity contribution in [3.63, 3.8) is 0 Å². The fraction of sp³-hybridized carbons (Fsp3) is 0.619. The van der Waals surface area contributed by atoms with E-state index < -0.39 is 0 Å². The third-order valence-electron chi connectivity index (χ3n) is 7.06. The van der Waals surface area contributed by atoms with Crippen molar-refractivity contribution in [2.24, 2.45) is 34.5 Å². The Bertz CT molecular complexity index is 584. The monoisotopic (exact) mass is 278 g/mol. The average Bonchev–Trinajstić information content (AvgIpc) is 2.87. The smallest absolute Gasteiger partial charge is 0.0420 e. The van der Waals surface area contributed by atoms with Crippen LogP contribution in [0, 0.1) is 46.8 Å². The maximum absolute atomic E-state index is 5.96. The van der Waals surface area contributed by atoms with Crippen LogP contribution in [0.4, 0.5) is 0 Å². The molecule has 0 aromatic heterocycles. The van der Waals surface area contributed by atoms with Gasteiger partial charge in [0.25, 0.3) is 0 Å². The summed E-state index contributed by atoms with van der Waals surface area (Å²) in [6, 6.07) is 0. The molecule has 0 bridgehead atoms. The van der Waals surface area contributed by atoms with Gasteiger partial charge in [0.2, 0.25) is 0 Å². The molecule has 21 heavy (non-hydrogen) atoms. The molecule has 4 rings (SSSR count). The molecule has 4 aliphatic carbocycles. The van der Waals surface area contributed by atoms with E-state index in [-0.39, 0.29) is 5.41 Å². The Morgan fingerprint density at radius 3 is 2.95 bits per heavy atom. The molecule has 0 amide bonds. The van der Waals surface area contributed by atoms with Gasteiger partial charge < -0.3 is 0 Å². The molecule has 0 spiro atoms. The first kappa shape index (κ1) is 13.4.